The van der Waals surface area contributed by atoms with Crippen LogP contribution in [0, 0.1) is 5.82 Å². The number of pyridine rings is 1. The van der Waals surface area contributed by atoms with E-state index in [1.54, 1.807) is 24.5 Å². The highest BCUT2D eigenvalue weighted by Gasteiger charge is 2.20. The van der Waals surface area contributed by atoms with Gasteiger partial charge in [0.15, 0.2) is 0 Å². The Labute approximate surface area is 141 Å². The molecule has 2 amide bonds. The van der Waals surface area contributed by atoms with Gasteiger partial charge in [-0.15, -0.1) is 0 Å². The van der Waals surface area contributed by atoms with Crippen LogP contribution in [0.15, 0.2) is 48.8 Å². The van der Waals surface area contributed by atoms with Crippen molar-refractivity contribution in [1.82, 2.24) is 15.2 Å². The molecular formula is C18H21FN4O. The summed E-state index contributed by atoms with van der Waals surface area (Å²) in [4.78, 5) is 20.3. The fourth-order valence-electron chi connectivity index (χ4n) is 2.80. The average Bonchev–Trinajstić information content (AvgIpc) is 2.64. The molecule has 0 spiro atoms. The van der Waals surface area contributed by atoms with E-state index in [1.807, 2.05) is 17.0 Å². The van der Waals surface area contributed by atoms with Crippen LogP contribution in [0.2, 0.25) is 0 Å². The van der Waals surface area contributed by atoms with Crippen LogP contribution < -0.4 is 10.2 Å². The number of halogens is 1. The Morgan fingerprint density at radius 1 is 1.04 bits per heavy atom. The lowest BCUT2D eigenvalue weighted by Crippen LogP contribution is -2.52. The van der Waals surface area contributed by atoms with Crippen LogP contribution >= 0.6 is 0 Å². The smallest absolute Gasteiger partial charge is 0.317 e. The van der Waals surface area contributed by atoms with Crippen molar-refractivity contribution < 1.29 is 9.18 Å². The zero-order chi connectivity index (χ0) is 16.8. The number of anilines is 1. The molecule has 1 fully saturated rings. The molecule has 5 nitrogen and oxygen atoms in total. The van der Waals surface area contributed by atoms with E-state index in [9.17, 15) is 9.18 Å². The molecule has 3 rings (SSSR count). The molecule has 1 saturated heterocycles. The monoisotopic (exact) mass is 328 g/mol. The molecule has 0 radical (unpaired) electrons. The molecule has 0 saturated carbocycles. The number of carbonyl (C=O) groups excluding carboxylic acids is 1. The van der Waals surface area contributed by atoms with Crippen LogP contribution in [-0.4, -0.2) is 48.6 Å². The Kier molecular flexibility index (Phi) is 5.25. The summed E-state index contributed by atoms with van der Waals surface area (Å²) in [5.74, 6) is -0.241. The van der Waals surface area contributed by atoms with Crippen LogP contribution in [0.1, 0.15) is 5.56 Å². The minimum absolute atomic E-state index is 0.0357. The first-order valence-corrected chi connectivity index (χ1v) is 8.14. The van der Waals surface area contributed by atoms with E-state index < -0.39 is 0 Å². The summed E-state index contributed by atoms with van der Waals surface area (Å²) in [5.41, 5.74) is 2.15. The zero-order valence-corrected chi connectivity index (χ0v) is 13.5. The molecule has 1 aromatic heterocycles. The number of hydrogen-bond donors (Lipinski definition) is 1. The van der Waals surface area contributed by atoms with Crippen molar-refractivity contribution in [3.63, 3.8) is 0 Å². The Hall–Kier alpha value is -2.63. The summed E-state index contributed by atoms with van der Waals surface area (Å²) in [6, 6.07) is 10.3. The maximum atomic E-state index is 12.9. The van der Waals surface area contributed by atoms with Crippen LogP contribution in [0.3, 0.4) is 0 Å². The van der Waals surface area contributed by atoms with E-state index in [4.69, 9.17) is 0 Å². The average molecular weight is 328 g/mol. The van der Waals surface area contributed by atoms with E-state index in [2.05, 4.69) is 15.2 Å². The second kappa shape index (κ2) is 7.77. The lowest BCUT2D eigenvalue weighted by Gasteiger charge is -2.36. The lowest BCUT2D eigenvalue weighted by atomic mass is 10.1. The van der Waals surface area contributed by atoms with Gasteiger partial charge in [-0.3, -0.25) is 4.98 Å². The minimum Gasteiger partial charge on any atom is -0.368 e. The predicted molar refractivity (Wildman–Crippen MR) is 91.5 cm³/mol. The van der Waals surface area contributed by atoms with Crippen molar-refractivity contribution >= 4 is 11.7 Å². The van der Waals surface area contributed by atoms with Gasteiger partial charge in [0.2, 0.25) is 0 Å². The SMILES string of the molecule is O=C(NCCc1ccc(F)cc1)N1CCN(c2ccncc2)CC1. The Morgan fingerprint density at radius 2 is 1.71 bits per heavy atom. The number of carbonyl (C=O) groups is 1. The highest BCUT2D eigenvalue weighted by atomic mass is 19.1. The lowest BCUT2D eigenvalue weighted by molar-refractivity contribution is 0.194. The number of amides is 2. The number of benzene rings is 1. The third-order valence-corrected chi connectivity index (χ3v) is 4.20. The summed E-state index contributed by atoms with van der Waals surface area (Å²) in [5, 5.41) is 2.93. The van der Waals surface area contributed by atoms with Crippen LogP contribution in [0.5, 0.6) is 0 Å². The first-order valence-electron chi connectivity index (χ1n) is 8.14. The quantitative estimate of drug-likeness (QED) is 0.937. The number of aromatic nitrogens is 1. The maximum Gasteiger partial charge on any atom is 0.317 e. The van der Waals surface area contributed by atoms with Gasteiger partial charge in [0, 0.05) is 50.8 Å². The van der Waals surface area contributed by atoms with E-state index in [1.165, 1.54) is 12.1 Å². The van der Waals surface area contributed by atoms with Crippen molar-refractivity contribution in [2.75, 3.05) is 37.6 Å². The molecule has 126 valence electrons. The Morgan fingerprint density at radius 3 is 2.38 bits per heavy atom. The number of urea groups is 1. The molecule has 0 aliphatic carbocycles. The van der Waals surface area contributed by atoms with Crippen LogP contribution in [0.25, 0.3) is 0 Å². The van der Waals surface area contributed by atoms with Crippen molar-refractivity contribution in [2.45, 2.75) is 6.42 Å². The molecule has 1 aliphatic rings. The fourth-order valence-corrected chi connectivity index (χ4v) is 2.80. The van der Waals surface area contributed by atoms with Crippen LogP contribution in [-0.2, 0) is 6.42 Å². The Bertz CT molecular complexity index is 654. The molecule has 24 heavy (non-hydrogen) atoms. The summed E-state index contributed by atoms with van der Waals surface area (Å²) in [7, 11) is 0. The van der Waals surface area contributed by atoms with Gasteiger partial charge in [0.25, 0.3) is 0 Å². The molecule has 1 aliphatic heterocycles. The largest absolute Gasteiger partial charge is 0.368 e. The predicted octanol–water partition coefficient (Wildman–Crippen LogP) is 2.30. The standard InChI is InChI=1S/C18H21FN4O/c19-16-3-1-15(2-4-16)5-10-21-18(24)23-13-11-22(12-14-23)17-6-8-20-9-7-17/h1-4,6-9H,5,10-14H2,(H,21,24). The molecule has 6 heteroatoms. The highest BCUT2D eigenvalue weighted by Crippen LogP contribution is 2.14. The maximum absolute atomic E-state index is 12.9. The number of nitrogens with zero attached hydrogens (tertiary/aromatic N) is 3. The van der Waals surface area contributed by atoms with Gasteiger partial charge in [0.1, 0.15) is 5.82 Å². The van der Waals surface area contributed by atoms with Gasteiger partial charge in [-0.25, -0.2) is 9.18 Å². The van der Waals surface area contributed by atoms with Crippen molar-refractivity contribution in [2.24, 2.45) is 0 Å². The van der Waals surface area contributed by atoms with Gasteiger partial charge >= 0.3 is 6.03 Å². The molecule has 2 aromatic rings. The van der Waals surface area contributed by atoms with E-state index in [0.29, 0.717) is 26.1 Å². The molecule has 0 unspecified atom stereocenters. The van der Waals surface area contributed by atoms with Crippen molar-refractivity contribution in [1.29, 1.82) is 0 Å². The van der Waals surface area contributed by atoms with Gasteiger partial charge in [0.05, 0.1) is 0 Å². The zero-order valence-electron chi connectivity index (χ0n) is 13.5. The number of nitrogens with one attached hydrogen (secondary N) is 1. The third-order valence-electron chi connectivity index (χ3n) is 4.20. The fraction of sp³-hybridized carbons (Fsp3) is 0.333. The van der Waals surface area contributed by atoms with E-state index in [-0.39, 0.29) is 11.8 Å². The minimum atomic E-state index is -0.241. The van der Waals surface area contributed by atoms with Gasteiger partial charge in [-0.05, 0) is 36.2 Å². The highest BCUT2D eigenvalue weighted by molar-refractivity contribution is 5.74. The molecule has 0 bridgehead atoms. The third kappa shape index (κ3) is 4.22. The number of piperazine rings is 1. The second-order valence-corrected chi connectivity index (χ2v) is 5.79. The molecule has 2 heterocycles. The van der Waals surface area contributed by atoms with Crippen LogP contribution in [0.4, 0.5) is 14.9 Å². The van der Waals surface area contributed by atoms with E-state index >= 15 is 0 Å². The second-order valence-electron chi connectivity index (χ2n) is 5.79. The van der Waals surface area contributed by atoms with Gasteiger partial charge in [-0.2, -0.15) is 0 Å². The summed E-state index contributed by atoms with van der Waals surface area (Å²) < 4.78 is 12.9. The molecular weight excluding hydrogens is 307 g/mol. The number of hydrogen-bond acceptors (Lipinski definition) is 3. The normalized spacial score (nSPS) is 14.5. The molecule has 1 N–H and O–H groups in total. The first kappa shape index (κ1) is 16.2. The summed E-state index contributed by atoms with van der Waals surface area (Å²) in [6.45, 7) is 3.58. The number of rotatable bonds is 4. The van der Waals surface area contributed by atoms with Gasteiger partial charge in [-0.1, -0.05) is 12.1 Å². The van der Waals surface area contributed by atoms with Gasteiger partial charge < -0.3 is 15.1 Å². The first-order chi connectivity index (χ1) is 11.7. The summed E-state index contributed by atoms with van der Waals surface area (Å²) >= 11 is 0. The van der Waals surface area contributed by atoms with E-state index in [0.717, 1.165) is 24.3 Å². The topological polar surface area (TPSA) is 48.5 Å². The van der Waals surface area contributed by atoms with Crippen molar-refractivity contribution in [3.05, 3.63) is 60.2 Å². The molecule has 0 atom stereocenters. The van der Waals surface area contributed by atoms with Crippen molar-refractivity contribution in [3.8, 4) is 0 Å². The molecule has 1 aromatic carbocycles. The Balaban J connectivity index is 1.41. The summed E-state index contributed by atoms with van der Waals surface area (Å²) in [6.07, 6.45) is 4.26.